The number of amides is 1. The molecule has 10 nitrogen and oxygen atoms in total. The maximum absolute atomic E-state index is 13.0. The number of nitrogens with zero attached hydrogens (tertiary/aromatic N) is 2. The van der Waals surface area contributed by atoms with E-state index in [0.29, 0.717) is 5.56 Å². The van der Waals surface area contributed by atoms with Crippen LogP contribution in [0.1, 0.15) is 31.2 Å². The fourth-order valence-corrected chi connectivity index (χ4v) is 5.34. The van der Waals surface area contributed by atoms with Gasteiger partial charge < -0.3 is 19.5 Å². The van der Waals surface area contributed by atoms with Gasteiger partial charge in [-0.3, -0.25) is 4.79 Å². The number of carbonyl (C=O) groups is 2. The number of thiophene rings is 1. The van der Waals surface area contributed by atoms with Gasteiger partial charge in [-0.05, 0) is 36.8 Å². The van der Waals surface area contributed by atoms with Gasteiger partial charge in [0.05, 0.1) is 30.8 Å². The molecule has 178 valence electrons. The van der Waals surface area contributed by atoms with Gasteiger partial charge in [0.15, 0.2) is 0 Å². The minimum atomic E-state index is -3.82. The number of hydrogen-bond acceptors (Lipinski definition) is 9. The Bertz CT molecular complexity index is 1130. The van der Waals surface area contributed by atoms with Gasteiger partial charge in [0, 0.05) is 32.9 Å². The largest absolute Gasteiger partial charge is 0.465 e. The second kappa shape index (κ2) is 11.9. The average molecular weight is 496 g/mol. The molecule has 0 bridgehead atoms. The van der Waals surface area contributed by atoms with Crippen LogP contribution in [0.25, 0.3) is 0 Å². The van der Waals surface area contributed by atoms with E-state index < -0.39 is 21.9 Å². The summed E-state index contributed by atoms with van der Waals surface area (Å²) in [5.74, 6) is -1.15. The van der Waals surface area contributed by atoms with Crippen LogP contribution in [0.4, 0.5) is 5.00 Å². The van der Waals surface area contributed by atoms with Crippen molar-refractivity contribution in [3.63, 3.8) is 0 Å². The normalized spacial score (nSPS) is 11.3. The van der Waals surface area contributed by atoms with E-state index in [1.54, 1.807) is 6.92 Å². The average Bonchev–Trinajstić information content (AvgIpc) is 3.13. The number of benzene rings is 1. The molecule has 1 heterocycles. The number of hydrogen-bond donors (Lipinski definition) is 1. The Morgan fingerprint density at radius 3 is 2.15 bits per heavy atom. The van der Waals surface area contributed by atoms with E-state index in [1.807, 2.05) is 6.07 Å². The summed E-state index contributed by atoms with van der Waals surface area (Å²) in [4.78, 5) is 24.8. The number of ether oxygens (including phenoxy) is 3. The van der Waals surface area contributed by atoms with Crippen molar-refractivity contribution >= 4 is 38.2 Å². The minimum absolute atomic E-state index is 0.0175. The van der Waals surface area contributed by atoms with Crippen LogP contribution in [0.5, 0.6) is 0 Å². The molecule has 0 saturated carbocycles. The highest BCUT2D eigenvalue weighted by atomic mass is 32.2. The number of esters is 1. The highest BCUT2D eigenvalue weighted by Crippen LogP contribution is 2.33. The highest BCUT2D eigenvalue weighted by Gasteiger charge is 2.25. The summed E-state index contributed by atoms with van der Waals surface area (Å²) in [7, 11) is 0.369. The molecular weight excluding hydrogens is 470 g/mol. The summed E-state index contributed by atoms with van der Waals surface area (Å²) in [6.45, 7) is 2.34. The Labute approximate surface area is 196 Å². The lowest BCUT2D eigenvalue weighted by Gasteiger charge is -2.21. The molecule has 2 aromatic rings. The first kappa shape index (κ1) is 26.4. The van der Waals surface area contributed by atoms with Crippen molar-refractivity contribution in [3.8, 4) is 6.07 Å². The zero-order valence-corrected chi connectivity index (χ0v) is 20.3. The van der Waals surface area contributed by atoms with Crippen molar-refractivity contribution in [1.82, 2.24) is 4.31 Å². The van der Waals surface area contributed by atoms with E-state index in [-0.39, 0.29) is 52.2 Å². The smallest absolute Gasteiger partial charge is 0.348 e. The van der Waals surface area contributed by atoms with Crippen LogP contribution in [0, 0.1) is 18.3 Å². The molecule has 0 aliphatic heterocycles. The third-order valence-electron chi connectivity index (χ3n) is 4.70. The fraction of sp³-hybridized carbons (Fsp3) is 0.381. The molecule has 1 aromatic carbocycles. The van der Waals surface area contributed by atoms with Gasteiger partial charge >= 0.3 is 5.97 Å². The molecule has 0 unspecified atom stereocenters. The molecular formula is C21H25N3O7S2. The first-order valence-electron chi connectivity index (χ1n) is 9.72. The summed E-state index contributed by atoms with van der Waals surface area (Å²) in [6, 6.07) is 7.40. The predicted molar refractivity (Wildman–Crippen MR) is 122 cm³/mol. The van der Waals surface area contributed by atoms with Gasteiger partial charge in [0.1, 0.15) is 15.9 Å². The number of methoxy groups -OCH3 is 3. The Kier molecular flexibility index (Phi) is 9.51. The van der Waals surface area contributed by atoms with Crippen LogP contribution in [-0.2, 0) is 24.2 Å². The number of nitrogens with one attached hydrogen (secondary N) is 1. The van der Waals surface area contributed by atoms with Gasteiger partial charge in [0.2, 0.25) is 10.0 Å². The number of sulfonamides is 1. The molecule has 1 aromatic heterocycles. The van der Waals surface area contributed by atoms with Crippen LogP contribution in [0.2, 0.25) is 0 Å². The number of carbonyl (C=O) groups excluding carboxylic acids is 2. The van der Waals surface area contributed by atoms with E-state index in [0.717, 1.165) is 11.3 Å². The van der Waals surface area contributed by atoms with E-state index in [9.17, 15) is 23.3 Å². The van der Waals surface area contributed by atoms with E-state index in [1.165, 1.54) is 49.9 Å². The van der Waals surface area contributed by atoms with Gasteiger partial charge in [0.25, 0.3) is 5.91 Å². The first-order valence-corrected chi connectivity index (χ1v) is 12.0. The molecule has 0 saturated heterocycles. The molecule has 0 fully saturated rings. The number of nitriles is 1. The van der Waals surface area contributed by atoms with E-state index >= 15 is 0 Å². The van der Waals surface area contributed by atoms with Crippen molar-refractivity contribution in [2.24, 2.45) is 0 Å². The summed E-state index contributed by atoms with van der Waals surface area (Å²) >= 11 is 0.938. The second-order valence-electron chi connectivity index (χ2n) is 6.73. The number of rotatable bonds is 11. The van der Waals surface area contributed by atoms with Crippen molar-refractivity contribution < 1.29 is 32.2 Å². The Morgan fingerprint density at radius 1 is 1.09 bits per heavy atom. The maximum atomic E-state index is 13.0. The van der Waals surface area contributed by atoms with Crippen LogP contribution < -0.4 is 5.32 Å². The summed E-state index contributed by atoms with van der Waals surface area (Å²) in [6.07, 6.45) is 0. The highest BCUT2D eigenvalue weighted by molar-refractivity contribution is 7.89. The SMILES string of the molecule is COCCN(CCOC)S(=O)(=O)c1ccc(C(=O)Nc2sc(C(=O)OC)c(C)c2C#N)cc1. The van der Waals surface area contributed by atoms with Crippen molar-refractivity contribution in [2.45, 2.75) is 11.8 Å². The van der Waals surface area contributed by atoms with Gasteiger partial charge in [-0.15, -0.1) is 11.3 Å². The molecule has 2 rings (SSSR count). The van der Waals surface area contributed by atoms with Crippen LogP contribution >= 0.6 is 11.3 Å². The van der Waals surface area contributed by atoms with Crippen molar-refractivity contribution in [1.29, 1.82) is 5.26 Å². The van der Waals surface area contributed by atoms with Crippen molar-refractivity contribution in [3.05, 3.63) is 45.8 Å². The van der Waals surface area contributed by atoms with Gasteiger partial charge in [-0.2, -0.15) is 9.57 Å². The molecule has 1 amide bonds. The molecule has 0 aliphatic carbocycles. The van der Waals surface area contributed by atoms with Crippen molar-refractivity contribution in [2.75, 3.05) is 52.9 Å². The maximum Gasteiger partial charge on any atom is 0.348 e. The predicted octanol–water partition coefficient (Wildman–Crippen LogP) is 2.25. The van der Waals surface area contributed by atoms with Crippen LogP contribution in [-0.4, -0.2) is 72.2 Å². The van der Waals surface area contributed by atoms with E-state index in [2.05, 4.69) is 5.32 Å². The fourth-order valence-electron chi connectivity index (χ4n) is 2.86. The molecule has 0 radical (unpaired) electrons. The Hall–Kier alpha value is -2.82. The Balaban J connectivity index is 2.25. The second-order valence-corrected chi connectivity index (χ2v) is 9.69. The first-order chi connectivity index (χ1) is 15.7. The topological polar surface area (TPSA) is 135 Å². The lowest BCUT2D eigenvalue weighted by molar-refractivity contribution is 0.0605. The standard InChI is InChI=1S/C21H25N3O7S2/c1-14-17(13-22)20(32-18(14)21(26)31-4)23-19(25)15-5-7-16(8-6-15)33(27,28)24(9-11-29-2)10-12-30-3/h5-8H,9-12H2,1-4H3,(H,23,25). The Morgan fingerprint density at radius 2 is 1.67 bits per heavy atom. The monoisotopic (exact) mass is 495 g/mol. The molecule has 33 heavy (non-hydrogen) atoms. The third-order valence-corrected chi connectivity index (χ3v) is 7.80. The summed E-state index contributed by atoms with van der Waals surface area (Å²) in [5, 5.41) is 12.2. The van der Waals surface area contributed by atoms with Crippen LogP contribution in [0.15, 0.2) is 29.2 Å². The lowest BCUT2D eigenvalue weighted by Crippen LogP contribution is -2.36. The molecule has 0 aliphatic rings. The number of anilines is 1. The molecule has 0 spiro atoms. The quantitative estimate of drug-likeness (QED) is 0.469. The zero-order chi connectivity index (χ0) is 24.6. The zero-order valence-electron chi connectivity index (χ0n) is 18.7. The van der Waals surface area contributed by atoms with Gasteiger partial charge in [-0.1, -0.05) is 0 Å². The summed E-state index contributed by atoms with van der Waals surface area (Å²) in [5.41, 5.74) is 0.766. The summed E-state index contributed by atoms with van der Waals surface area (Å²) < 4.78 is 41.9. The van der Waals surface area contributed by atoms with Gasteiger partial charge in [-0.25, -0.2) is 13.2 Å². The molecule has 1 N–H and O–H groups in total. The molecule has 12 heteroatoms. The third kappa shape index (κ3) is 6.16. The minimum Gasteiger partial charge on any atom is -0.465 e. The van der Waals surface area contributed by atoms with Crippen LogP contribution in [0.3, 0.4) is 0 Å². The van der Waals surface area contributed by atoms with E-state index in [4.69, 9.17) is 14.2 Å². The lowest BCUT2D eigenvalue weighted by atomic mass is 10.1. The molecule has 0 atom stereocenters.